The van der Waals surface area contributed by atoms with Crippen LogP contribution in [0.5, 0.6) is 0 Å². The molecule has 0 atom stereocenters. The van der Waals surface area contributed by atoms with Crippen LogP contribution in [0.2, 0.25) is 0 Å². The molecule has 0 radical (unpaired) electrons. The molecular weight excluding hydrogens is 250 g/mol. The van der Waals surface area contributed by atoms with E-state index in [-0.39, 0.29) is 5.69 Å². The molecule has 0 fully saturated rings. The Hall–Kier alpha value is -2.83. The largest absolute Gasteiger partial charge is 0.477 e. The van der Waals surface area contributed by atoms with Gasteiger partial charge in [0.1, 0.15) is 5.69 Å². The molecule has 3 aromatic rings. The molecule has 3 rings (SSSR count). The van der Waals surface area contributed by atoms with Crippen molar-refractivity contribution >= 4 is 17.1 Å². The van der Waals surface area contributed by atoms with Gasteiger partial charge in [-0.15, -0.1) is 0 Å². The quantitative estimate of drug-likeness (QED) is 0.720. The second-order valence-corrected chi connectivity index (χ2v) is 4.07. The number of aromatic carboxylic acids is 1. The standard InChI is InChI=1S/C12H9N3O4/c1-15-9(11(16)17)5-8(14-15)6-2-3-7-10(4-6)19-12(18)13-7/h2-5H,1H3,(H,13,18)(H,16,17). The second-order valence-electron chi connectivity index (χ2n) is 4.07. The van der Waals surface area contributed by atoms with Gasteiger partial charge in [-0.25, -0.2) is 9.59 Å². The lowest BCUT2D eigenvalue weighted by atomic mass is 10.1. The molecular formula is C12H9N3O4. The maximum Gasteiger partial charge on any atom is 0.417 e. The molecule has 0 aliphatic heterocycles. The summed E-state index contributed by atoms with van der Waals surface area (Å²) in [6.07, 6.45) is 0. The van der Waals surface area contributed by atoms with E-state index in [1.807, 2.05) is 0 Å². The van der Waals surface area contributed by atoms with Crippen molar-refractivity contribution in [3.8, 4) is 11.3 Å². The Bertz CT molecular complexity index is 840. The zero-order valence-corrected chi connectivity index (χ0v) is 9.88. The summed E-state index contributed by atoms with van der Waals surface area (Å²) in [6, 6.07) is 6.53. The van der Waals surface area contributed by atoms with Crippen molar-refractivity contribution in [3.63, 3.8) is 0 Å². The van der Waals surface area contributed by atoms with E-state index < -0.39 is 11.7 Å². The predicted molar refractivity (Wildman–Crippen MR) is 66.0 cm³/mol. The third-order valence-corrected chi connectivity index (χ3v) is 2.82. The molecule has 2 N–H and O–H groups in total. The molecule has 0 bridgehead atoms. The van der Waals surface area contributed by atoms with Gasteiger partial charge in [-0.3, -0.25) is 9.67 Å². The van der Waals surface area contributed by atoms with Gasteiger partial charge < -0.3 is 9.52 Å². The Morgan fingerprint density at radius 2 is 2.21 bits per heavy atom. The summed E-state index contributed by atoms with van der Waals surface area (Å²) in [5.74, 6) is -1.57. The van der Waals surface area contributed by atoms with Gasteiger partial charge in [-0.1, -0.05) is 6.07 Å². The molecule has 0 saturated carbocycles. The van der Waals surface area contributed by atoms with Gasteiger partial charge in [0.15, 0.2) is 5.58 Å². The van der Waals surface area contributed by atoms with Gasteiger partial charge >= 0.3 is 11.7 Å². The number of carboxylic acid groups (broad SMARTS) is 1. The van der Waals surface area contributed by atoms with E-state index >= 15 is 0 Å². The maximum atomic E-state index is 11.1. The van der Waals surface area contributed by atoms with Crippen LogP contribution in [0, 0.1) is 0 Å². The van der Waals surface area contributed by atoms with E-state index in [9.17, 15) is 9.59 Å². The van der Waals surface area contributed by atoms with E-state index in [1.54, 1.807) is 25.2 Å². The number of carboxylic acids is 1. The van der Waals surface area contributed by atoms with Crippen LogP contribution < -0.4 is 5.76 Å². The van der Waals surface area contributed by atoms with E-state index in [2.05, 4.69) is 10.1 Å². The highest BCUT2D eigenvalue weighted by Gasteiger charge is 2.13. The minimum absolute atomic E-state index is 0.0885. The molecule has 7 heteroatoms. The number of fused-ring (bicyclic) bond motifs is 1. The van der Waals surface area contributed by atoms with Crippen LogP contribution in [0.15, 0.2) is 33.5 Å². The lowest BCUT2D eigenvalue weighted by Crippen LogP contribution is -2.04. The van der Waals surface area contributed by atoms with Crippen LogP contribution in [-0.2, 0) is 7.05 Å². The summed E-state index contributed by atoms with van der Waals surface area (Å²) in [5.41, 5.74) is 2.27. The third kappa shape index (κ3) is 1.81. The number of nitrogens with zero attached hydrogens (tertiary/aromatic N) is 2. The molecule has 0 aliphatic rings. The number of aromatic nitrogens is 3. The van der Waals surface area contributed by atoms with Crippen LogP contribution >= 0.6 is 0 Å². The molecule has 0 unspecified atom stereocenters. The molecule has 0 spiro atoms. The van der Waals surface area contributed by atoms with Crippen molar-refractivity contribution in [2.24, 2.45) is 7.05 Å². The van der Waals surface area contributed by atoms with Crippen molar-refractivity contribution in [2.75, 3.05) is 0 Å². The fourth-order valence-corrected chi connectivity index (χ4v) is 1.91. The summed E-state index contributed by atoms with van der Waals surface area (Å²) in [6.45, 7) is 0. The predicted octanol–water partition coefficient (Wildman–Crippen LogP) is 1.22. The van der Waals surface area contributed by atoms with Crippen molar-refractivity contribution in [1.82, 2.24) is 14.8 Å². The zero-order chi connectivity index (χ0) is 13.6. The molecule has 2 aromatic heterocycles. The first kappa shape index (κ1) is 11.3. The van der Waals surface area contributed by atoms with Crippen molar-refractivity contribution < 1.29 is 14.3 Å². The highest BCUT2D eigenvalue weighted by molar-refractivity contribution is 5.88. The monoisotopic (exact) mass is 259 g/mol. The molecule has 2 heterocycles. The van der Waals surface area contributed by atoms with E-state index in [4.69, 9.17) is 9.52 Å². The Kier molecular flexibility index (Phi) is 2.28. The van der Waals surface area contributed by atoms with Gasteiger partial charge in [0.25, 0.3) is 0 Å². The average molecular weight is 259 g/mol. The summed E-state index contributed by atoms with van der Waals surface area (Å²) >= 11 is 0. The first-order chi connectivity index (χ1) is 9.04. The number of aryl methyl sites for hydroxylation is 1. The van der Waals surface area contributed by atoms with E-state index in [0.29, 0.717) is 22.4 Å². The van der Waals surface area contributed by atoms with Gasteiger partial charge in [-0.05, 0) is 18.2 Å². The zero-order valence-electron chi connectivity index (χ0n) is 9.88. The van der Waals surface area contributed by atoms with Crippen molar-refractivity contribution in [3.05, 3.63) is 40.5 Å². The Balaban J connectivity index is 2.15. The molecule has 1 aromatic carbocycles. The lowest BCUT2D eigenvalue weighted by Gasteiger charge is -1.95. The first-order valence-electron chi connectivity index (χ1n) is 5.45. The molecule has 0 saturated heterocycles. The van der Waals surface area contributed by atoms with Gasteiger partial charge in [0, 0.05) is 12.6 Å². The van der Waals surface area contributed by atoms with Crippen molar-refractivity contribution in [1.29, 1.82) is 0 Å². The normalized spacial score (nSPS) is 11.0. The molecule has 7 nitrogen and oxygen atoms in total. The van der Waals surface area contributed by atoms with Gasteiger partial charge in [0.2, 0.25) is 0 Å². The van der Waals surface area contributed by atoms with E-state index in [1.165, 1.54) is 10.7 Å². The number of hydrogen-bond acceptors (Lipinski definition) is 4. The number of H-pyrrole nitrogens is 1. The van der Waals surface area contributed by atoms with Crippen LogP contribution in [0.25, 0.3) is 22.4 Å². The highest BCUT2D eigenvalue weighted by atomic mass is 16.4. The molecule has 0 amide bonds. The number of rotatable bonds is 2. The average Bonchev–Trinajstić information content (AvgIpc) is 2.89. The minimum atomic E-state index is -1.05. The number of oxazole rings is 1. The van der Waals surface area contributed by atoms with E-state index in [0.717, 1.165) is 0 Å². The number of benzene rings is 1. The summed E-state index contributed by atoms with van der Waals surface area (Å²) in [4.78, 5) is 24.6. The third-order valence-electron chi connectivity index (χ3n) is 2.82. The fourth-order valence-electron chi connectivity index (χ4n) is 1.91. The number of aromatic amines is 1. The van der Waals surface area contributed by atoms with Crippen LogP contribution in [0.1, 0.15) is 10.5 Å². The van der Waals surface area contributed by atoms with Gasteiger partial charge in [0.05, 0.1) is 11.2 Å². The Morgan fingerprint density at radius 3 is 2.89 bits per heavy atom. The maximum absolute atomic E-state index is 11.1. The number of nitrogens with one attached hydrogen (secondary N) is 1. The van der Waals surface area contributed by atoms with Crippen LogP contribution in [0.4, 0.5) is 0 Å². The molecule has 19 heavy (non-hydrogen) atoms. The number of carbonyl (C=O) groups is 1. The fraction of sp³-hybridized carbons (Fsp3) is 0.0833. The lowest BCUT2D eigenvalue weighted by molar-refractivity contribution is 0.0685. The van der Waals surface area contributed by atoms with Gasteiger partial charge in [-0.2, -0.15) is 5.10 Å². The smallest absolute Gasteiger partial charge is 0.417 e. The first-order valence-corrected chi connectivity index (χ1v) is 5.45. The Labute approximate surface area is 106 Å². The highest BCUT2D eigenvalue weighted by Crippen LogP contribution is 2.22. The Morgan fingerprint density at radius 1 is 1.42 bits per heavy atom. The summed E-state index contributed by atoms with van der Waals surface area (Å²) in [5, 5.41) is 13.1. The SMILES string of the molecule is Cn1nc(-c2ccc3[nH]c(=O)oc3c2)cc1C(=O)O. The summed E-state index contributed by atoms with van der Waals surface area (Å²) < 4.78 is 6.24. The minimum Gasteiger partial charge on any atom is -0.477 e. The second kappa shape index (κ2) is 3.84. The topological polar surface area (TPSA) is 101 Å². The molecule has 96 valence electrons. The molecule has 0 aliphatic carbocycles. The van der Waals surface area contributed by atoms with Crippen LogP contribution in [0.3, 0.4) is 0 Å². The number of hydrogen-bond donors (Lipinski definition) is 2. The van der Waals surface area contributed by atoms with Crippen LogP contribution in [-0.4, -0.2) is 25.8 Å². The van der Waals surface area contributed by atoms with Crippen molar-refractivity contribution in [2.45, 2.75) is 0 Å². The summed E-state index contributed by atoms with van der Waals surface area (Å²) in [7, 11) is 1.56.